The van der Waals surface area contributed by atoms with Crippen molar-refractivity contribution in [1.29, 1.82) is 0 Å². The lowest BCUT2D eigenvalue weighted by atomic mass is 9.31. The van der Waals surface area contributed by atoms with Crippen LogP contribution in [0.25, 0.3) is 99.5 Å². The molecule has 6 heteroatoms. The largest absolute Gasteiger partial charge is 0.456 e. The Morgan fingerprint density at radius 3 is 1.04 bits per heavy atom. The van der Waals surface area contributed by atoms with Gasteiger partial charge >= 0.3 is 0 Å². The number of nitrogens with zero attached hydrogens (tertiary/aromatic N) is 2. The van der Waals surface area contributed by atoms with Crippen molar-refractivity contribution in [3.05, 3.63) is 228 Å². The zero-order valence-corrected chi connectivity index (χ0v) is 47.2. The Bertz CT molecular complexity index is 4600. The van der Waals surface area contributed by atoms with Gasteiger partial charge in [0.25, 0.3) is 13.4 Å². The summed E-state index contributed by atoms with van der Waals surface area (Å²) in [7, 11) is 0. The van der Waals surface area contributed by atoms with E-state index in [-0.39, 0.29) is 13.4 Å². The quantitative estimate of drug-likeness (QED) is 0.142. The van der Waals surface area contributed by atoms with E-state index in [4.69, 9.17) is 9.47 Å². The van der Waals surface area contributed by atoms with Gasteiger partial charge in [0.15, 0.2) is 0 Å². The molecule has 13 aromatic rings. The highest BCUT2D eigenvalue weighted by molar-refractivity contribution is 7.02. The highest BCUT2D eigenvalue weighted by atomic mass is 16.5. The van der Waals surface area contributed by atoms with E-state index in [1.807, 2.05) is 0 Å². The molecule has 11 aromatic carbocycles. The lowest BCUT2D eigenvalue weighted by molar-refractivity contribution is 0.472. The van der Waals surface area contributed by atoms with E-state index >= 15 is 0 Å². The predicted octanol–water partition coefficient (Wildman–Crippen LogP) is 15.6. The normalized spacial score (nSPS) is 13.1. The number of aromatic nitrogens is 2. The van der Waals surface area contributed by atoms with Crippen molar-refractivity contribution in [2.24, 2.45) is 0 Å². The molecule has 0 fully saturated rings. The van der Waals surface area contributed by atoms with E-state index in [2.05, 4.69) is 245 Å². The first-order valence-electron chi connectivity index (χ1n) is 29.6. The van der Waals surface area contributed by atoms with Crippen LogP contribution in [-0.4, -0.2) is 22.6 Å². The van der Waals surface area contributed by atoms with Crippen LogP contribution in [0.4, 0.5) is 0 Å². The third kappa shape index (κ3) is 6.81. The molecule has 2 aromatic heterocycles. The van der Waals surface area contributed by atoms with E-state index in [1.165, 1.54) is 132 Å². The van der Waals surface area contributed by atoms with E-state index in [9.17, 15) is 0 Å². The summed E-state index contributed by atoms with van der Waals surface area (Å²) in [4.78, 5) is 0. The molecule has 4 aliphatic rings. The summed E-state index contributed by atoms with van der Waals surface area (Å²) >= 11 is 0. The van der Waals surface area contributed by atoms with Crippen molar-refractivity contribution in [3.63, 3.8) is 0 Å². The summed E-state index contributed by atoms with van der Waals surface area (Å²) in [6.45, 7) is 12.9. The Morgan fingerprint density at radius 1 is 0.329 bits per heavy atom. The minimum Gasteiger partial charge on any atom is -0.456 e. The van der Waals surface area contributed by atoms with E-state index in [0.29, 0.717) is 0 Å². The maximum atomic E-state index is 7.88. The number of ether oxygens (including phenoxy) is 2. The first kappa shape index (κ1) is 47.5. The maximum Gasteiger partial charge on any atom is 0.256 e. The molecule has 0 unspecified atom stereocenters. The molecule has 0 bridgehead atoms. The van der Waals surface area contributed by atoms with E-state index in [0.717, 1.165) is 82.0 Å². The van der Waals surface area contributed by atoms with Crippen LogP contribution in [-0.2, 0) is 12.8 Å². The number of fused-ring (bicyclic) bond motifs is 16. The Kier molecular flexibility index (Phi) is 10.2. The molecule has 6 heterocycles. The molecule has 0 saturated heterocycles. The van der Waals surface area contributed by atoms with Gasteiger partial charge in [0.05, 0.1) is 22.4 Å². The van der Waals surface area contributed by atoms with Crippen LogP contribution in [0.15, 0.2) is 194 Å². The van der Waals surface area contributed by atoms with E-state index in [1.54, 1.807) is 0 Å². The van der Waals surface area contributed by atoms with E-state index < -0.39 is 0 Å². The SMILES string of the molecule is CCCc1ccc2c(c1)B1c3c(c4c5c(c3-n3c6ccc(-c7ccc(C)cc7)cc6c6cc(-c7ccc(C)cc7)cc1c63)Oc1ccc(CCC)cc1B5c1cc(-c3ccc(C)cc3)cc3c5cc(-c6ccc(C)cc6)ccc5n-4c13)O2. The van der Waals surface area contributed by atoms with Crippen molar-refractivity contribution < 1.29 is 9.47 Å². The summed E-state index contributed by atoms with van der Waals surface area (Å²) in [5, 5.41) is 4.90. The molecule has 4 aliphatic heterocycles. The average molecular weight is 1050 g/mol. The van der Waals surface area contributed by atoms with Gasteiger partial charge in [0, 0.05) is 43.5 Å². The molecule has 0 atom stereocenters. The van der Waals surface area contributed by atoms with Gasteiger partial charge in [0.1, 0.15) is 23.0 Å². The topological polar surface area (TPSA) is 28.3 Å². The second-order valence-electron chi connectivity index (χ2n) is 24.0. The minimum absolute atomic E-state index is 0.181. The fraction of sp³-hybridized carbons (Fsp3) is 0.132. The first-order chi connectivity index (χ1) is 40.2. The number of hydrogen-bond acceptors (Lipinski definition) is 2. The summed E-state index contributed by atoms with van der Waals surface area (Å²) < 4.78 is 20.9. The number of rotatable bonds is 8. The van der Waals surface area contributed by atoms with Gasteiger partial charge in [-0.15, -0.1) is 0 Å². The molecule has 0 saturated carbocycles. The molecular weight excluding hydrogens is 994 g/mol. The fourth-order valence-electron chi connectivity index (χ4n) is 14.7. The predicted molar refractivity (Wildman–Crippen MR) is 346 cm³/mol. The lowest BCUT2D eigenvalue weighted by Crippen LogP contribution is -2.63. The van der Waals surface area contributed by atoms with Gasteiger partial charge in [-0.25, -0.2) is 0 Å². The smallest absolute Gasteiger partial charge is 0.256 e. The van der Waals surface area contributed by atoms with Crippen molar-refractivity contribution in [2.75, 3.05) is 0 Å². The van der Waals surface area contributed by atoms with Gasteiger partial charge in [-0.3, -0.25) is 0 Å². The second kappa shape index (κ2) is 17.6. The van der Waals surface area contributed by atoms with Crippen LogP contribution < -0.4 is 42.3 Å². The molecular formula is C76H58B2N2O2. The highest BCUT2D eigenvalue weighted by Gasteiger charge is 2.51. The Hall–Kier alpha value is -9.25. The average Bonchev–Trinajstić information content (AvgIpc) is 1.40. The molecule has 0 spiro atoms. The van der Waals surface area contributed by atoms with Gasteiger partial charge in [-0.05, 0) is 167 Å². The van der Waals surface area contributed by atoms with Gasteiger partial charge in [-0.2, -0.15) is 0 Å². The van der Waals surface area contributed by atoms with Crippen LogP contribution in [0.5, 0.6) is 23.0 Å². The molecule has 390 valence electrons. The summed E-state index contributed by atoms with van der Waals surface area (Å²) in [6, 6.07) is 74.5. The Labute approximate surface area is 479 Å². The van der Waals surface area contributed by atoms with Crippen LogP contribution in [0, 0.1) is 27.7 Å². The molecule has 0 amide bonds. The maximum absolute atomic E-state index is 7.88. The third-order valence-electron chi connectivity index (χ3n) is 18.7. The fourth-order valence-corrected chi connectivity index (χ4v) is 14.7. The van der Waals surface area contributed by atoms with Crippen molar-refractivity contribution in [1.82, 2.24) is 9.13 Å². The van der Waals surface area contributed by atoms with Crippen LogP contribution >= 0.6 is 0 Å². The monoisotopic (exact) mass is 1050 g/mol. The number of hydrogen-bond donors (Lipinski definition) is 0. The van der Waals surface area contributed by atoms with Crippen LogP contribution in [0.1, 0.15) is 60.1 Å². The summed E-state index contributed by atoms with van der Waals surface area (Å²) in [5.41, 5.74) is 31.4. The standard InChI is InChI=1S/C76H58B2N2O2/c1-7-9-47-19-33-67-61(35-47)77-63-41-55(51-25-15-45(5)16-26-51)39-59-57-37-53(49-21-11-43(3)12-22-49)29-31-65(57)79(71(59)63)73-69(77)75(81-67)74-70-76(73)82-68-34-20-48(10-8-2)36-62(68)78(70)64-42-56(52-27-17-46(6)18-28-52)40-60-58-38-54(50-23-13-44(4)14-24-50)30-32-66(58)80(74)72(60)64/h11-42H,7-10H2,1-6H3. The second-order valence-corrected chi connectivity index (χ2v) is 24.0. The molecule has 0 N–H and O–H groups in total. The minimum atomic E-state index is -0.181. The van der Waals surface area contributed by atoms with Crippen molar-refractivity contribution in [3.8, 4) is 78.9 Å². The highest BCUT2D eigenvalue weighted by Crippen LogP contribution is 2.50. The zero-order chi connectivity index (χ0) is 54.8. The van der Waals surface area contributed by atoms with Crippen LogP contribution in [0.2, 0.25) is 0 Å². The van der Waals surface area contributed by atoms with Gasteiger partial charge < -0.3 is 18.6 Å². The number of benzene rings is 11. The zero-order valence-electron chi connectivity index (χ0n) is 47.2. The number of aryl methyl sites for hydroxylation is 6. The molecule has 17 rings (SSSR count). The van der Waals surface area contributed by atoms with Crippen molar-refractivity contribution >= 4 is 89.8 Å². The third-order valence-corrected chi connectivity index (χ3v) is 18.7. The Morgan fingerprint density at radius 2 is 0.671 bits per heavy atom. The van der Waals surface area contributed by atoms with Gasteiger partial charge in [-0.1, -0.05) is 195 Å². The molecule has 0 aliphatic carbocycles. The molecule has 0 radical (unpaired) electrons. The van der Waals surface area contributed by atoms with Gasteiger partial charge in [0.2, 0.25) is 0 Å². The molecule has 82 heavy (non-hydrogen) atoms. The lowest BCUT2D eigenvalue weighted by Gasteiger charge is -2.41. The Balaban J connectivity index is 1.06. The first-order valence-corrected chi connectivity index (χ1v) is 29.6. The summed E-state index contributed by atoms with van der Waals surface area (Å²) in [5.74, 6) is 3.63. The summed E-state index contributed by atoms with van der Waals surface area (Å²) in [6.07, 6.45) is 4.07. The van der Waals surface area contributed by atoms with Crippen molar-refractivity contribution in [2.45, 2.75) is 67.2 Å². The molecule has 4 nitrogen and oxygen atoms in total. The van der Waals surface area contributed by atoms with Crippen LogP contribution in [0.3, 0.4) is 0 Å².